The zero-order chi connectivity index (χ0) is 17.3. The summed E-state index contributed by atoms with van der Waals surface area (Å²) in [5, 5.41) is 3.35. The molecule has 0 unspecified atom stereocenters. The third-order valence-corrected chi connectivity index (χ3v) is 5.60. The molecule has 0 aliphatic carbocycles. The molecule has 2 aromatic rings. The number of nitrogens with zero attached hydrogens (tertiary/aromatic N) is 1. The van der Waals surface area contributed by atoms with Crippen LogP contribution in [0.1, 0.15) is 19.4 Å². The number of nitrogen functional groups attached to an aromatic ring is 1. The van der Waals surface area contributed by atoms with Gasteiger partial charge in [-0.25, -0.2) is 12.7 Å². The summed E-state index contributed by atoms with van der Waals surface area (Å²) in [6.45, 7) is 3.87. The van der Waals surface area contributed by atoms with E-state index in [-0.39, 0.29) is 4.90 Å². The zero-order valence-corrected chi connectivity index (χ0v) is 14.7. The highest BCUT2D eigenvalue weighted by Gasteiger charge is 2.30. The smallest absolute Gasteiger partial charge is 0.242 e. The molecule has 6 heteroatoms. The Morgan fingerprint density at radius 3 is 2.17 bits per heavy atom. The number of nitrogens with two attached hydrogens (primary N) is 1. The minimum atomic E-state index is -3.53. The van der Waals surface area contributed by atoms with Gasteiger partial charge >= 0.3 is 0 Å². The Labute approximate surface area is 138 Å². The van der Waals surface area contributed by atoms with Gasteiger partial charge in [0.05, 0.1) is 21.8 Å². The maximum atomic E-state index is 12.6. The van der Waals surface area contributed by atoms with Gasteiger partial charge in [-0.3, -0.25) is 0 Å². The summed E-state index contributed by atoms with van der Waals surface area (Å²) in [6.07, 6.45) is 0. The summed E-state index contributed by atoms with van der Waals surface area (Å²) in [7, 11) is -0.472. The van der Waals surface area contributed by atoms with Gasteiger partial charge in [-0.15, -0.1) is 0 Å². The van der Waals surface area contributed by atoms with E-state index in [1.54, 1.807) is 18.2 Å². The van der Waals surface area contributed by atoms with Gasteiger partial charge < -0.3 is 11.1 Å². The first kappa shape index (κ1) is 17.3. The molecule has 0 spiro atoms. The van der Waals surface area contributed by atoms with Crippen molar-refractivity contribution in [1.29, 1.82) is 0 Å². The highest BCUT2D eigenvalue weighted by atomic mass is 32.2. The average Bonchev–Trinajstić information content (AvgIpc) is 2.49. The largest absolute Gasteiger partial charge is 0.397 e. The van der Waals surface area contributed by atoms with E-state index in [9.17, 15) is 8.42 Å². The predicted molar refractivity (Wildman–Crippen MR) is 94.8 cm³/mol. The zero-order valence-electron chi connectivity index (χ0n) is 13.9. The molecule has 124 valence electrons. The Hall–Kier alpha value is -2.05. The Morgan fingerprint density at radius 1 is 1.00 bits per heavy atom. The topological polar surface area (TPSA) is 75.4 Å². The Morgan fingerprint density at radius 2 is 1.57 bits per heavy atom. The summed E-state index contributed by atoms with van der Waals surface area (Å²) in [4.78, 5) is 0.289. The van der Waals surface area contributed by atoms with Gasteiger partial charge in [0.25, 0.3) is 0 Å². The van der Waals surface area contributed by atoms with Crippen molar-refractivity contribution in [2.45, 2.75) is 24.3 Å². The fourth-order valence-corrected chi connectivity index (χ4v) is 3.66. The van der Waals surface area contributed by atoms with Crippen molar-refractivity contribution in [2.24, 2.45) is 0 Å². The lowest BCUT2D eigenvalue weighted by molar-refractivity contribution is 0.513. The highest BCUT2D eigenvalue weighted by molar-refractivity contribution is 7.89. The van der Waals surface area contributed by atoms with E-state index < -0.39 is 15.6 Å². The van der Waals surface area contributed by atoms with Gasteiger partial charge in [0, 0.05) is 14.1 Å². The molecule has 0 saturated heterocycles. The molecule has 5 nitrogen and oxygen atoms in total. The molecule has 0 saturated carbocycles. The van der Waals surface area contributed by atoms with Gasteiger partial charge in [0.2, 0.25) is 10.0 Å². The molecule has 2 aromatic carbocycles. The van der Waals surface area contributed by atoms with Gasteiger partial charge in [-0.05, 0) is 37.6 Å². The van der Waals surface area contributed by atoms with Crippen LogP contribution in [0.5, 0.6) is 0 Å². The van der Waals surface area contributed by atoms with Crippen LogP contribution >= 0.6 is 0 Å². The summed E-state index contributed by atoms with van der Waals surface area (Å²) >= 11 is 0. The highest BCUT2D eigenvalue weighted by Crippen LogP contribution is 2.33. The Balaban J connectivity index is 2.51. The SMILES string of the molecule is CN(C)S(=O)(=O)c1ccccc1C(C)(C)Nc1ccccc1N. The minimum absolute atomic E-state index is 0.289. The molecule has 0 aliphatic heterocycles. The molecule has 0 aromatic heterocycles. The third-order valence-electron chi connectivity index (χ3n) is 3.73. The van der Waals surface area contributed by atoms with E-state index in [4.69, 9.17) is 5.73 Å². The van der Waals surface area contributed by atoms with Crippen LogP contribution in [0.15, 0.2) is 53.4 Å². The normalized spacial score (nSPS) is 12.4. The van der Waals surface area contributed by atoms with Crippen molar-refractivity contribution < 1.29 is 8.42 Å². The first-order valence-corrected chi connectivity index (χ1v) is 8.75. The standard InChI is InChI=1S/C17H23N3O2S/c1-17(2,19-15-11-7-6-10-14(15)18)13-9-5-8-12-16(13)23(21,22)20(3)4/h5-12,19H,18H2,1-4H3. The Kier molecular flexibility index (Phi) is 4.68. The molecule has 3 N–H and O–H groups in total. The van der Waals surface area contributed by atoms with E-state index in [1.807, 2.05) is 44.2 Å². The van der Waals surface area contributed by atoms with E-state index in [0.717, 1.165) is 5.69 Å². The van der Waals surface area contributed by atoms with Gasteiger partial charge in [-0.1, -0.05) is 30.3 Å². The quantitative estimate of drug-likeness (QED) is 0.825. The molecule has 2 rings (SSSR count). The maximum absolute atomic E-state index is 12.6. The number of hydrogen-bond acceptors (Lipinski definition) is 4. The van der Waals surface area contributed by atoms with Crippen molar-refractivity contribution in [3.63, 3.8) is 0 Å². The lowest BCUT2D eigenvalue weighted by Gasteiger charge is -2.31. The first-order valence-electron chi connectivity index (χ1n) is 7.31. The van der Waals surface area contributed by atoms with Crippen molar-refractivity contribution in [3.8, 4) is 0 Å². The first-order chi connectivity index (χ1) is 10.7. The third kappa shape index (κ3) is 3.48. The second-order valence-electron chi connectivity index (χ2n) is 6.12. The van der Waals surface area contributed by atoms with Gasteiger partial charge in [0.1, 0.15) is 0 Å². The van der Waals surface area contributed by atoms with Crippen LogP contribution in [0.3, 0.4) is 0 Å². The molecule has 0 bridgehead atoms. The lowest BCUT2D eigenvalue weighted by Crippen LogP contribution is -2.32. The molecule has 0 fully saturated rings. The molecular weight excluding hydrogens is 310 g/mol. The number of benzene rings is 2. The van der Waals surface area contributed by atoms with Crippen LogP contribution in [0.25, 0.3) is 0 Å². The van der Waals surface area contributed by atoms with Crippen molar-refractivity contribution >= 4 is 21.4 Å². The van der Waals surface area contributed by atoms with Gasteiger partial charge in [0.15, 0.2) is 0 Å². The van der Waals surface area contributed by atoms with E-state index in [1.165, 1.54) is 18.4 Å². The van der Waals surface area contributed by atoms with Crippen molar-refractivity contribution in [1.82, 2.24) is 4.31 Å². The number of sulfonamides is 1. The fraction of sp³-hybridized carbons (Fsp3) is 0.294. The van der Waals surface area contributed by atoms with Crippen LogP contribution in [0, 0.1) is 0 Å². The predicted octanol–water partition coefficient (Wildman–Crippen LogP) is 2.87. The van der Waals surface area contributed by atoms with Crippen LogP contribution in [0.4, 0.5) is 11.4 Å². The van der Waals surface area contributed by atoms with Crippen LogP contribution in [-0.2, 0) is 15.6 Å². The molecule has 0 heterocycles. The number of nitrogens with one attached hydrogen (secondary N) is 1. The van der Waals surface area contributed by atoms with Gasteiger partial charge in [-0.2, -0.15) is 0 Å². The van der Waals surface area contributed by atoms with Crippen LogP contribution < -0.4 is 11.1 Å². The molecule has 0 atom stereocenters. The Bertz CT molecular complexity index is 799. The van der Waals surface area contributed by atoms with Crippen LogP contribution in [-0.4, -0.2) is 26.8 Å². The molecule has 0 aliphatic rings. The second-order valence-corrected chi connectivity index (χ2v) is 8.24. The van der Waals surface area contributed by atoms with Crippen molar-refractivity contribution in [2.75, 3.05) is 25.1 Å². The van der Waals surface area contributed by atoms with E-state index in [2.05, 4.69) is 5.32 Å². The maximum Gasteiger partial charge on any atom is 0.242 e. The molecule has 0 amide bonds. The molecule has 0 radical (unpaired) electrons. The van der Waals surface area contributed by atoms with Crippen molar-refractivity contribution in [3.05, 3.63) is 54.1 Å². The summed E-state index contributed by atoms with van der Waals surface area (Å²) in [5.41, 5.74) is 7.46. The number of para-hydroxylation sites is 2. The summed E-state index contributed by atoms with van der Waals surface area (Å²) in [6, 6.07) is 14.4. The number of hydrogen-bond donors (Lipinski definition) is 2. The lowest BCUT2D eigenvalue weighted by atomic mass is 9.93. The molecule has 23 heavy (non-hydrogen) atoms. The monoisotopic (exact) mass is 333 g/mol. The summed E-state index contributed by atoms with van der Waals surface area (Å²) in [5.74, 6) is 0. The van der Waals surface area contributed by atoms with Crippen LogP contribution in [0.2, 0.25) is 0 Å². The molecular formula is C17H23N3O2S. The average molecular weight is 333 g/mol. The second kappa shape index (κ2) is 6.22. The number of rotatable bonds is 5. The minimum Gasteiger partial charge on any atom is -0.397 e. The number of anilines is 2. The summed E-state index contributed by atoms with van der Waals surface area (Å²) < 4.78 is 26.4. The van der Waals surface area contributed by atoms with E-state index >= 15 is 0 Å². The fourth-order valence-electron chi connectivity index (χ4n) is 2.42. The van der Waals surface area contributed by atoms with E-state index in [0.29, 0.717) is 11.3 Å².